The summed E-state index contributed by atoms with van der Waals surface area (Å²) >= 11 is 0. The minimum absolute atomic E-state index is 0.417. The smallest absolute Gasteiger partial charge is 0.325 e. The summed E-state index contributed by atoms with van der Waals surface area (Å²) in [6.07, 6.45) is 1.56. The summed E-state index contributed by atoms with van der Waals surface area (Å²) in [6.45, 7) is 1.53. The van der Waals surface area contributed by atoms with Gasteiger partial charge in [0.15, 0.2) is 11.5 Å². The molecule has 0 saturated heterocycles. The van der Waals surface area contributed by atoms with E-state index in [4.69, 9.17) is 20.3 Å². The number of ether oxygens (including phenoxy) is 2. The molecule has 4 N–H and O–H groups in total. The van der Waals surface area contributed by atoms with E-state index in [2.05, 4.69) is 10.3 Å². The summed E-state index contributed by atoms with van der Waals surface area (Å²) in [6, 6.07) is 2.68. The van der Waals surface area contributed by atoms with Crippen LogP contribution in [-0.2, 0) is 4.79 Å². The minimum Gasteiger partial charge on any atom is -0.493 e. The molecule has 1 atom stereocenters. The molecule has 1 unspecified atom stereocenters. The molecule has 1 aromatic heterocycles. The topological polar surface area (TPSA) is 107 Å². The van der Waals surface area contributed by atoms with E-state index in [0.717, 1.165) is 0 Å². The van der Waals surface area contributed by atoms with Crippen molar-refractivity contribution >= 4 is 28.2 Å². The van der Waals surface area contributed by atoms with E-state index in [-0.39, 0.29) is 0 Å². The van der Waals surface area contributed by atoms with Crippen LogP contribution >= 0.6 is 0 Å². The van der Waals surface area contributed by atoms with Gasteiger partial charge in [0.25, 0.3) is 0 Å². The number of nitrogens with two attached hydrogens (primary N) is 1. The van der Waals surface area contributed by atoms with Crippen LogP contribution in [0.1, 0.15) is 6.92 Å². The number of nitrogens with one attached hydrogen (secondary N) is 1. The van der Waals surface area contributed by atoms with Gasteiger partial charge in [-0.25, -0.2) is 4.98 Å². The molecule has 21 heavy (non-hydrogen) atoms. The highest BCUT2D eigenvalue weighted by atomic mass is 16.5. The Hall–Kier alpha value is -2.70. The Bertz CT molecular complexity index is 687. The van der Waals surface area contributed by atoms with Crippen LogP contribution in [0, 0.1) is 0 Å². The quantitative estimate of drug-likeness (QED) is 0.720. The SMILES string of the molecule is COc1cc2c(NC(C)C(=O)O)nccc2c(N)c1OC. The van der Waals surface area contributed by atoms with Crippen molar-refractivity contribution in [3.8, 4) is 11.5 Å². The van der Waals surface area contributed by atoms with Gasteiger partial charge in [0.1, 0.15) is 11.9 Å². The lowest BCUT2D eigenvalue weighted by molar-refractivity contribution is -0.137. The molecule has 0 radical (unpaired) electrons. The molecule has 0 aliphatic rings. The molecule has 0 aliphatic carbocycles. The third-order valence-corrected chi connectivity index (χ3v) is 3.17. The predicted octanol–water partition coefficient (Wildman–Crippen LogP) is 1.72. The van der Waals surface area contributed by atoms with Gasteiger partial charge in [-0.1, -0.05) is 0 Å². The first-order chi connectivity index (χ1) is 9.99. The molecule has 2 aromatic rings. The van der Waals surface area contributed by atoms with Crippen molar-refractivity contribution in [2.75, 3.05) is 25.3 Å². The first kappa shape index (κ1) is 14.7. The molecule has 0 aliphatic heterocycles. The Morgan fingerprint density at radius 2 is 2.10 bits per heavy atom. The maximum atomic E-state index is 11.0. The predicted molar refractivity (Wildman–Crippen MR) is 80.0 cm³/mol. The Labute approximate surface area is 121 Å². The maximum Gasteiger partial charge on any atom is 0.325 e. The van der Waals surface area contributed by atoms with Gasteiger partial charge < -0.3 is 25.6 Å². The number of aromatic nitrogens is 1. The van der Waals surface area contributed by atoms with Crippen LogP contribution in [0.5, 0.6) is 11.5 Å². The molecule has 0 spiro atoms. The fraction of sp³-hybridized carbons (Fsp3) is 0.286. The van der Waals surface area contributed by atoms with Gasteiger partial charge >= 0.3 is 5.97 Å². The van der Waals surface area contributed by atoms with Gasteiger partial charge in [0, 0.05) is 17.0 Å². The number of pyridine rings is 1. The second kappa shape index (κ2) is 5.74. The van der Waals surface area contributed by atoms with E-state index in [9.17, 15) is 4.79 Å². The molecule has 1 heterocycles. The molecule has 0 fully saturated rings. The largest absolute Gasteiger partial charge is 0.493 e. The molecule has 7 nitrogen and oxygen atoms in total. The number of carboxylic acid groups (broad SMARTS) is 1. The zero-order valence-corrected chi connectivity index (χ0v) is 12.0. The van der Waals surface area contributed by atoms with E-state index < -0.39 is 12.0 Å². The number of aliphatic carboxylic acids is 1. The zero-order valence-electron chi connectivity index (χ0n) is 12.0. The van der Waals surface area contributed by atoms with Crippen LogP contribution in [0.3, 0.4) is 0 Å². The summed E-state index contributed by atoms with van der Waals surface area (Å²) < 4.78 is 10.5. The highest BCUT2D eigenvalue weighted by Crippen LogP contribution is 2.41. The number of fused-ring (bicyclic) bond motifs is 1. The van der Waals surface area contributed by atoms with Crippen molar-refractivity contribution in [3.05, 3.63) is 18.3 Å². The van der Waals surface area contributed by atoms with Crippen LogP contribution < -0.4 is 20.5 Å². The Morgan fingerprint density at radius 1 is 1.38 bits per heavy atom. The lowest BCUT2D eigenvalue weighted by Crippen LogP contribution is -2.26. The molecule has 0 amide bonds. The highest BCUT2D eigenvalue weighted by molar-refractivity contribution is 6.03. The Balaban J connectivity index is 2.64. The van der Waals surface area contributed by atoms with Crippen molar-refractivity contribution in [1.29, 1.82) is 0 Å². The molecule has 2 rings (SSSR count). The Kier molecular flexibility index (Phi) is 4.02. The summed E-state index contributed by atoms with van der Waals surface area (Å²) in [5.41, 5.74) is 6.51. The number of anilines is 2. The van der Waals surface area contributed by atoms with Crippen LogP contribution in [0.25, 0.3) is 10.8 Å². The number of benzene rings is 1. The molecular formula is C14H17N3O4. The van der Waals surface area contributed by atoms with Crippen molar-refractivity contribution in [1.82, 2.24) is 4.98 Å². The van der Waals surface area contributed by atoms with Crippen LogP contribution in [0.2, 0.25) is 0 Å². The van der Waals surface area contributed by atoms with Crippen molar-refractivity contribution < 1.29 is 19.4 Å². The standard InChI is InChI=1S/C14H17N3O4/c1-7(14(18)19)17-13-9-6-10(20-2)12(21-3)11(15)8(9)4-5-16-13/h4-7H,15H2,1-3H3,(H,16,17)(H,18,19). The minimum atomic E-state index is -0.970. The molecule has 1 aromatic carbocycles. The van der Waals surface area contributed by atoms with E-state index in [1.807, 2.05) is 0 Å². The number of hydrogen-bond acceptors (Lipinski definition) is 6. The van der Waals surface area contributed by atoms with Gasteiger partial charge in [-0.2, -0.15) is 0 Å². The first-order valence-electron chi connectivity index (χ1n) is 6.28. The van der Waals surface area contributed by atoms with Crippen molar-refractivity contribution in [2.45, 2.75) is 13.0 Å². The van der Waals surface area contributed by atoms with E-state index in [1.165, 1.54) is 21.1 Å². The van der Waals surface area contributed by atoms with Gasteiger partial charge in [-0.05, 0) is 19.1 Å². The Morgan fingerprint density at radius 3 is 2.67 bits per heavy atom. The second-order valence-corrected chi connectivity index (χ2v) is 4.48. The van der Waals surface area contributed by atoms with Gasteiger partial charge in [-0.15, -0.1) is 0 Å². The molecule has 112 valence electrons. The average Bonchev–Trinajstić information content (AvgIpc) is 2.47. The van der Waals surface area contributed by atoms with Crippen LogP contribution in [0.4, 0.5) is 11.5 Å². The fourth-order valence-corrected chi connectivity index (χ4v) is 2.05. The average molecular weight is 291 g/mol. The zero-order chi connectivity index (χ0) is 15.6. The summed E-state index contributed by atoms with van der Waals surface area (Å²) in [5.74, 6) is 0.354. The summed E-state index contributed by atoms with van der Waals surface area (Å²) in [7, 11) is 3.01. The number of hydrogen-bond donors (Lipinski definition) is 3. The summed E-state index contributed by atoms with van der Waals surface area (Å²) in [4.78, 5) is 15.1. The fourth-order valence-electron chi connectivity index (χ4n) is 2.05. The van der Waals surface area contributed by atoms with E-state index in [0.29, 0.717) is 33.8 Å². The van der Waals surface area contributed by atoms with E-state index >= 15 is 0 Å². The first-order valence-corrected chi connectivity index (χ1v) is 6.28. The third-order valence-electron chi connectivity index (χ3n) is 3.17. The van der Waals surface area contributed by atoms with Crippen molar-refractivity contribution in [3.63, 3.8) is 0 Å². The number of methoxy groups -OCH3 is 2. The van der Waals surface area contributed by atoms with Gasteiger partial charge in [-0.3, -0.25) is 4.79 Å². The molecule has 7 heteroatoms. The summed E-state index contributed by atoms with van der Waals surface area (Å²) in [5, 5.41) is 13.2. The highest BCUT2D eigenvalue weighted by Gasteiger charge is 2.17. The molecular weight excluding hydrogens is 274 g/mol. The van der Waals surface area contributed by atoms with Crippen LogP contribution in [0.15, 0.2) is 18.3 Å². The van der Waals surface area contributed by atoms with Crippen molar-refractivity contribution in [2.24, 2.45) is 0 Å². The number of nitrogen functional groups attached to an aromatic ring is 1. The lowest BCUT2D eigenvalue weighted by atomic mass is 10.1. The normalized spacial score (nSPS) is 12.0. The second-order valence-electron chi connectivity index (χ2n) is 4.48. The maximum absolute atomic E-state index is 11.0. The number of carbonyl (C=O) groups is 1. The van der Waals surface area contributed by atoms with Gasteiger partial charge in [0.05, 0.1) is 19.9 Å². The van der Waals surface area contributed by atoms with Gasteiger partial charge in [0.2, 0.25) is 0 Å². The van der Waals surface area contributed by atoms with E-state index in [1.54, 1.807) is 18.3 Å². The number of carboxylic acids is 1. The molecule has 0 bridgehead atoms. The lowest BCUT2D eigenvalue weighted by Gasteiger charge is -2.16. The monoisotopic (exact) mass is 291 g/mol. The van der Waals surface area contributed by atoms with Crippen LogP contribution in [-0.4, -0.2) is 36.3 Å². The number of rotatable bonds is 5. The number of nitrogens with zero attached hydrogens (tertiary/aromatic N) is 1. The molecule has 0 saturated carbocycles. The third kappa shape index (κ3) is 2.62.